The van der Waals surface area contributed by atoms with Crippen LogP contribution in [0.15, 0.2) is 30.5 Å². The number of rotatable bonds is 3. The fourth-order valence-corrected chi connectivity index (χ4v) is 2.94. The summed E-state index contributed by atoms with van der Waals surface area (Å²) in [5.74, 6) is 0.979. The molecule has 0 aliphatic carbocycles. The Hall–Kier alpha value is -1.94. The van der Waals surface area contributed by atoms with E-state index in [9.17, 15) is 0 Å². The Balaban J connectivity index is 1.96. The van der Waals surface area contributed by atoms with Crippen LogP contribution in [0, 0.1) is 13.8 Å². The van der Waals surface area contributed by atoms with Gasteiger partial charge in [0.05, 0.1) is 17.6 Å². The van der Waals surface area contributed by atoms with Crippen LogP contribution in [0.3, 0.4) is 0 Å². The van der Waals surface area contributed by atoms with Crippen LogP contribution in [-0.2, 0) is 13.0 Å². The van der Waals surface area contributed by atoms with E-state index in [0.717, 1.165) is 36.7 Å². The van der Waals surface area contributed by atoms with Crippen molar-refractivity contribution >= 4 is 5.82 Å². The molecule has 110 valence electrons. The van der Waals surface area contributed by atoms with Crippen molar-refractivity contribution in [3.05, 3.63) is 53.0 Å². The third-order valence-corrected chi connectivity index (χ3v) is 4.27. The van der Waals surface area contributed by atoms with Crippen molar-refractivity contribution in [2.24, 2.45) is 0 Å². The lowest BCUT2D eigenvalue weighted by Crippen LogP contribution is -2.46. The van der Waals surface area contributed by atoms with Gasteiger partial charge in [-0.2, -0.15) is 0 Å². The van der Waals surface area contributed by atoms with Crippen molar-refractivity contribution in [1.29, 1.82) is 0 Å². The van der Waals surface area contributed by atoms with E-state index in [-0.39, 0.29) is 0 Å². The van der Waals surface area contributed by atoms with Crippen molar-refractivity contribution in [3.8, 4) is 0 Å². The van der Waals surface area contributed by atoms with E-state index in [0.29, 0.717) is 6.04 Å². The lowest BCUT2D eigenvalue weighted by molar-refractivity contribution is 0.522. The number of nitrogens with one attached hydrogen (secondary N) is 1. The predicted octanol–water partition coefficient (Wildman–Crippen LogP) is 2.24. The van der Waals surface area contributed by atoms with Gasteiger partial charge in [-0.15, -0.1) is 0 Å². The Morgan fingerprint density at radius 2 is 1.95 bits per heavy atom. The third-order valence-electron chi connectivity index (χ3n) is 4.27. The van der Waals surface area contributed by atoms with Crippen molar-refractivity contribution in [2.75, 3.05) is 18.5 Å². The molecule has 1 N–H and O–H groups in total. The predicted molar refractivity (Wildman–Crippen MR) is 85.5 cm³/mol. The van der Waals surface area contributed by atoms with Gasteiger partial charge in [0.15, 0.2) is 0 Å². The number of fused-ring (bicyclic) bond motifs is 1. The fraction of sp³-hybridized carbons (Fsp3) is 0.412. The summed E-state index contributed by atoms with van der Waals surface area (Å²) in [6.45, 7) is 5.88. The van der Waals surface area contributed by atoms with Crippen molar-refractivity contribution in [2.45, 2.75) is 32.9 Å². The minimum Gasteiger partial charge on any atom is -0.346 e. The summed E-state index contributed by atoms with van der Waals surface area (Å²) in [5, 5.41) is 3.30. The Kier molecular flexibility index (Phi) is 3.88. The van der Waals surface area contributed by atoms with Gasteiger partial charge in [0.1, 0.15) is 5.82 Å². The van der Waals surface area contributed by atoms with Crippen molar-refractivity contribution in [3.63, 3.8) is 0 Å². The van der Waals surface area contributed by atoms with E-state index in [1.807, 2.05) is 27.1 Å². The fourth-order valence-electron chi connectivity index (χ4n) is 2.94. The van der Waals surface area contributed by atoms with Gasteiger partial charge in [0, 0.05) is 19.1 Å². The zero-order valence-corrected chi connectivity index (χ0v) is 12.9. The number of hydrogen-bond donors (Lipinski definition) is 1. The zero-order chi connectivity index (χ0) is 14.8. The summed E-state index contributed by atoms with van der Waals surface area (Å²) in [5.41, 5.74) is 4.85. The van der Waals surface area contributed by atoms with E-state index in [1.165, 1.54) is 11.1 Å². The van der Waals surface area contributed by atoms with Crippen LogP contribution in [0.1, 0.15) is 22.5 Å². The highest BCUT2D eigenvalue weighted by atomic mass is 15.2. The molecule has 1 aromatic carbocycles. The normalized spacial score (nSPS) is 17.7. The topological polar surface area (TPSA) is 41.0 Å². The van der Waals surface area contributed by atoms with E-state index in [2.05, 4.69) is 39.5 Å². The average molecular weight is 282 g/mol. The molecule has 1 unspecified atom stereocenters. The average Bonchev–Trinajstić information content (AvgIpc) is 2.50. The van der Waals surface area contributed by atoms with Crippen LogP contribution in [-0.4, -0.2) is 29.6 Å². The highest BCUT2D eigenvalue weighted by Gasteiger charge is 2.26. The number of benzene rings is 1. The second kappa shape index (κ2) is 5.82. The quantitative estimate of drug-likeness (QED) is 0.937. The number of anilines is 1. The molecule has 2 aromatic rings. The molecule has 4 nitrogen and oxygen atoms in total. The number of hydrogen-bond acceptors (Lipinski definition) is 4. The summed E-state index contributed by atoms with van der Waals surface area (Å²) >= 11 is 0. The lowest BCUT2D eigenvalue weighted by Gasteiger charge is -2.37. The van der Waals surface area contributed by atoms with E-state index < -0.39 is 0 Å². The van der Waals surface area contributed by atoms with Gasteiger partial charge in [-0.3, -0.25) is 4.98 Å². The number of aromatic nitrogens is 2. The first-order chi connectivity index (χ1) is 10.2. The molecule has 1 aliphatic rings. The molecular formula is C17H22N4. The first-order valence-electron chi connectivity index (χ1n) is 7.47. The standard InChI is InChI=1S/C17H22N4/c1-12-13(2)20-17(10-19-12)21-11-15-7-5-4-6-14(15)8-16(21)9-18-3/h4-7,10,16,18H,8-9,11H2,1-3H3. The van der Waals surface area contributed by atoms with Crippen LogP contribution in [0.5, 0.6) is 0 Å². The summed E-state index contributed by atoms with van der Waals surface area (Å²) in [6.07, 6.45) is 2.95. The van der Waals surface area contributed by atoms with Crippen LogP contribution in [0.25, 0.3) is 0 Å². The zero-order valence-electron chi connectivity index (χ0n) is 12.9. The first-order valence-corrected chi connectivity index (χ1v) is 7.47. The maximum absolute atomic E-state index is 4.74. The molecule has 0 radical (unpaired) electrons. The second-order valence-corrected chi connectivity index (χ2v) is 5.71. The monoisotopic (exact) mass is 282 g/mol. The maximum Gasteiger partial charge on any atom is 0.148 e. The Labute approximate surface area is 126 Å². The molecule has 0 fully saturated rings. The number of likely N-dealkylation sites (N-methyl/N-ethyl adjacent to an activating group) is 1. The molecule has 1 aliphatic heterocycles. The van der Waals surface area contributed by atoms with Gasteiger partial charge in [-0.05, 0) is 38.4 Å². The molecule has 0 bridgehead atoms. The highest BCUT2D eigenvalue weighted by Crippen LogP contribution is 2.27. The van der Waals surface area contributed by atoms with E-state index in [1.54, 1.807) is 0 Å². The molecule has 0 amide bonds. The van der Waals surface area contributed by atoms with Gasteiger partial charge >= 0.3 is 0 Å². The van der Waals surface area contributed by atoms with Crippen LogP contribution in [0.2, 0.25) is 0 Å². The van der Waals surface area contributed by atoms with Crippen molar-refractivity contribution in [1.82, 2.24) is 15.3 Å². The van der Waals surface area contributed by atoms with Crippen LogP contribution >= 0.6 is 0 Å². The third kappa shape index (κ3) is 2.76. The van der Waals surface area contributed by atoms with Gasteiger partial charge in [0.25, 0.3) is 0 Å². The second-order valence-electron chi connectivity index (χ2n) is 5.71. The van der Waals surface area contributed by atoms with Gasteiger partial charge in [-0.1, -0.05) is 24.3 Å². The first kappa shape index (κ1) is 14.0. The van der Waals surface area contributed by atoms with Crippen LogP contribution in [0.4, 0.5) is 5.82 Å². The molecule has 1 atom stereocenters. The van der Waals surface area contributed by atoms with E-state index >= 15 is 0 Å². The number of aryl methyl sites for hydroxylation is 2. The lowest BCUT2D eigenvalue weighted by atomic mass is 9.94. The minimum atomic E-state index is 0.418. The smallest absolute Gasteiger partial charge is 0.148 e. The van der Waals surface area contributed by atoms with Crippen molar-refractivity contribution < 1.29 is 0 Å². The molecule has 2 heterocycles. The number of nitrogens with zero attached hydrogens (tertiary/aromatic N) is 3. The molecule has 1 aromatic heterocycles. The molecule has 3 rings (SSSR count). The summed E-state index contributed by atoms with van der Waals surface area (Å²) < 4.78 is 0. The summed E-state index contributed by atoms with van der Waals surface area (Å²) in [7, 11) is 2.00. The molecule has 4 heteroatoms. The summed E-state index contributed by atoms with van der Waals surface area (Å²) in [6, 6.07) is 9.11. The SMILES string of the molecule is CNCC1Cc2ccccc2CN1c1cnc(C)c(C)n1. The minimum absolute atomic E-state index is 0.418. The Morgan fingerprint density at radius 1 is 1.19 bits per heavy atom. The molecule has 0 saturated carbocycles. The van der Waals surface area contributed by atoms with E-state index in [4.69, 9.17) is 4.98 Å². The van der Waals surface area contributed by atoms with Crippen LogP contribution < -0.4 is 10.2 Å². The van der Waals surface area contributed by atoms with Gasteiger partial charge in [-0.25, -0.2) is 4.98 Å². The van der Waals surface area contributed by atoms with Gasteiger partial charge in [0.2, 0.25) is 0 Å². The molecule has 0 saturated heterocycles. The molecular weight excluding hydrogens is 260 g/mol. The Bertz CT molecular complexity index is 638. The summed E-state index contributed by atoms with van der Waals surface area (Å²) in [4.78, 5) is 11.6. The Morgan fingerprint density at radius 3 is 2.67 bits per heavy atom. The molecule has 0 spiro atoms. The maximum atomic E-state index is 4.74. The highest BCUT2D eigenvalue weighted by molar-refractivity contribution is 5.45. The molecule has 21 heavy (non-hydrogen) atoms. The largest absolute Gasteiger partial charge is 0.346 e. The van der Waals surface area contributed by atoms with Gasteiger partial charge < -0.3 is 10.2 Å².